The molecule has 4 nitrogen and oxygen atoms in total. The van der Waals surface area contributed by atoms with Crippen LogP contribution in [0.1, 0.15) is 0 Å². The van der Waals surface area contributed by atoms with Crippen molar-refractivity contribution in [1.82, 2.24) is 9.55 Å². The smallest absolute Gasteiger partial charge is 0.344 e. The molecule has 2 aromatic heterocycles. The third-order valence-corrected chi connectivity index (χ3v) is 6.67. The van der Waals surface area contributed by atoms with E-state index in [4.69, 9.17) is 9.40 Å². The van der Waals surface area contributed by atoms with Crippen molar-refractivity contribution in [3.8, 4) is 28.2 Å². The topological polar surface area (TPSA) is 48.0 Å². The summed E-state index contributed by atoms with van der Waals surface area (Å²) in [5, 5.41) is 2.43. The van der Waals surface area contributed by atoms with Gasteiger partial charge in [0.1, 0.15) is 11.4 Å². The van der Waals surface area contributed by atoms with E-state index in [2.05, 4.69) is 53.1 Å². The monoisotopic (exact) mass is 464 g/mol. The van der Waals surface area contributed by atoms with Crippen LogP contribution >= 0.6 is 0 Å². The summed E-state index contributed by atoms with van der Waals surface area (Å²) in [6.45, 7) is 0. The molecule has 7 aromatic rings. The molecule has 36 heavy (non-hydrogen) atoms. The highest BCUT2D eigenvalue weighted by Crippen LogP contribution is 2.35. The number of rotatable bonds is 3. The predicted molar refractivity (Wildman–Crippen MR) is 145 cm³/mol. The van der Waals surface area contributed by atoms with Crippen LogP contribution in [-0.4, -0.2) is 9.55 Å². The van der Waals surface area contributed by atoms with Gasteiger partial charge in [0.05, 0.1) is 16.4 Å². The molecule has 0 aliphatic carbocycles. The Balaban J connectivity index is 1.41. The van der Waals surface area contributed by atoms with Crippen molar-refractivity contribution in [3.63, 3.8) is 0 Å². The first kappa shape index (κ1) is 20.4. The Hall–Kier alpha value is -4.96. The van der Waals surface area contributed by atoms with Crippen LogP contribution in [0.25, 0.3) is 61.0 Å². The van der Waals surface area contributed by atoms with E-state index in [1.807, 2.05) is 72.8 Å². The molecular weight excluding hydrogens is 444 g/mol. The molecule has 0 spiro atoms. The highest BCUT2D eigenvalue weighted by molar-refractivity contribution is 6.11. The molecule has 0 radical (unpaired) electrons. The maximum absolute atomic E-state index is 12.5. The minimum absolute atomic E-state index is 0.314. The maximum atomic E-state index is 12.5. The zero-order chi connectivity index (χ0) is 24.1. The predicted octanol–water partition coefficient (Wildman–Crippen LogP) is 7.62. The van der Waals surface area contributed by atoms with Gasteiger partial charge in [0.25, 0.3) is 0 Å². The van der Waals surface area contributed by atoms with Gasteiger partial charge in [-0.15, -0.1) is 0 Å². The molecule has 0 saturated carbocycles. The fourth-order valence-electron chi connectivity index (χ4n) is 5.03. The summed E-state index contributed by atoms with van der Waals surface area (Å²) >= 11 is 0. The van der Waals surface area contributed by atoms with Gasteiger partial charge in [0, 0.05) is 22.0 Å². The molecule has 0 unspecified atom stereocenters. The van der Waals surface area contributed by atoms with Crippen LogP contribution in [0.15, 0.2) is 131 Å². The van der Waals surface area contributed by atoms with Crippen molar-refractivity contribution in [2.24, 2.45) is 0 Å². The third kappa shape index (κ3) is 3.16. The number of aromatic nitrogens is 2. The van der Waals surface area contributed by atoms with Crippen molar-refractivity contribution in [2.75, 3.05) is 0 Å². The lowest BCUT2D eigenvalue weighted by molar-refractivity contribution is 0.570. The number of hydrogen-bond acceptors (Lipinski definition) is 3. The minimum Gasteiger partial charge on any atom is -0.422 e. The first-order valence-corrected chi connectivity index (χ1v) is 11.9. The van der Waals surface area contributed by atoms with Crippen molar-refractivity contribution in [2.45, 2.75) is 0 Å². The summed E-state index contributed by atoms with van der Waals surface area (Å²) in [7, 11) is 0. The fraction of sp³-hybridized carbons (Fsp3) is 0. The molecule has 0 bridgehead atoms. The van der Waals surface area contributed by atoms with Gasteiger partial charge < -0.3 is 4.42 Å². The van der Waals surface area contributed by atoms with E-state index in [0.29, 0.717) is 11.0 Å². The third-order valence-electron chi connectivity index (χ3n) is 6.67. The van der Waals surface area contributed by atoms with E-state index in [1.54, 1.807) is 0 Å². The number of para-hydroxylation sites is 3. The van der Waals surface area contributed by atoms with Crippen molar-refractivity contribution in [1.29, 1.82) is 0 Å². The first-order chi connectivity index (χ1) is 17.8. The molecule has 0 atom stereocenters. The largest absolute Gasteiger partial charge is 0.422 e. The molecule has 4 heteroatoms. The molecule has 0 aliphatic rings. The summed E-state index contributed by atoms with van der Waals surface area (Å²) in [5.41, 5.74) is 6.46. The van der Waals surface area contributed by atoms with Gasteiger partial charge in [-0.2, -0.15) is 0 Å². The van der Waals surface area contributed by atoms with Crippen LogP contribution in [0, 0.1) is 0 Å². The fourth-order valence-corrected chi connectivity index (χ4v) is 5.03. The van der Waals surface area contributed by atoms with Crippen LogP contribution in [-0.2, 0) is 0 Å². The molecule has 0 saturated heterocycles. The summed E-state index contributed by atoms with van der Waals surface area (Å²) in [6, 6.07) is 40.4. The second-order valence-corrected chi connectivity index (χ2v) is 8.79. The summed E-state index contributed by atoms with van der Waals surface area (Å²) in [6.07, 6.45) is 0. The lowest BCUT2D eigenvalue weighted by atomic mass is 9.96. The average Bonchev–Trinajstić information content (AvgIpc) is 3.33. The van der Waals surface area contributed by atoms with Crippen LogP contribution < -0.4 is 5.63 Å². The molecule has 0 aliphatic heterocycles. The highest BCUT2D eigenvalue weighted by atomic mass is 16.4. The molecule has 5 aromatic carbocycles. The molecule has 0 fully saturated rings. The van der Waals surface area contributed by atoms with Gasteiger partial charge in [-0.3, -0.25) is 4.57 Å². The summed E-state index contributed by atoms with van der Waals surface area (Å²) in [5.74, 6) is 0.892. The number of nitrogens with zero attached hydrogens (tertiary/aromatic N) is 2. The Bertz CT molecular complexity index is 1950. The van der Waals surface area contributed by atoms with Crippen LogP contribution in [0.5, 0.6) is 0 Å². The lowest BCUT2D eigenvalue weighted by Crippen LogP contribution is -2.00. The van der Waals surface area contributed by atoms with Crippen LogP contribution in [0.2, 0.25) is 0 Å². The lowest BCUT2D eigenvalue weighted by Gasteiger charge is -2.11. The first-order valence-electron chi connectivity index (χ1n) is 11.9. The second kappa shape index (κ2) is 8.07. The summed E-state index contributed by atoms with van der Waals surface area (Å²) in [4.78, 5) is 17.5. The normalized spacial score (nSPS) is 11.4. The standard InChI is InChI=1S/C32H20N2O2/c35-32-26-12-5-4-11-25(26)30-24(13-8-16-29(30)36-32)21-17-19-22(20-18-21)31-33-27-14-6-7-15-28(27)34(31)23-9-2-1-3-10-23/h1-20H. The molecule has 2 heterocycles. The number of benzene rings is 5. The highest BCUT2D eigenvalue weighted by Gasteiger charge is 2.15. The van der Waals surface area contributed by atoms with Crippen molar-refractivity contribution < 1.29 is 4.42 Å². The quantitative estimate of drug-likeness (QED) is 0.200. The zero-order valence-electron chi connectivity index (χ0n) is 19.3. The van der Waals surface area contributed by atoms with Crippen LogP contribution in [0.4, 0.5) is 0 Å². The van der Waals surface area contributed by atoms with E-state index in [0.717, 1.165) is 50.0 Å². The molecule has 170 valence electrons. The van der Waals surface area contributed by atoms with E-state index in [-0.39, 0.29) is 5.63 Å². The summed E-state index contributed by atoms with van der Waals surface area (Å²) < 4.78 is 7.86. The van der Waals surface area contributed by atoms with Crippen LogP contribution in [0.3, 0.4) is 0 Å². The number of fused-ring (bicyclic) bond motifs is 4. The number of imidazole rings is 1. The zero-order valence-corrected chi connectivity index (χ0v) is 19.3. The SMILES string of the molecule is O=c1oc2cccc(-c3ccc(-c4nc5ccccc5n4-c4ccccc4)cc3)c2c2ccccc12. The van der Waals surface area contributed by atoms with E-state index >= 15 is 0 Å². The molecule has 0 N–H and O–H groups in total. The van der Waals surface area contributed by atoms with Gasteiger partial charge in [-0.05, 0) is 47.5 Å². The molecule has 7 rings (SSSR count). The molecular formula is C32H20N2O2. The molecule has 0 amide bonds. The Labute approximate surface area is 206 Å². The van der Waals surface area contributed by atoms with Gasteiger partial charge in [-0.25, -0.2) is 9.78 Å². The second-order valence-electron chi connectivity index (χ2n) is 8.79. The van der Waals surface area contributed by atoms with E-state index < -0.39 is 0 Å². The van der Waals surface area contributed by atoms with Gasteiger partial charge in [0.2, 0.25) is 0 Å². The minimum atomic E-state index is -0.314. The average molecular weight is 465 g/mol. The Morgan fingerprint density at radius 2 is 1.31 bits per heavy atom. The van der Waals surface area contributed by atoms with Crippen molar-refractivity contribution >= 4 is 32.8 Å². The van der Waals surface area contributed by atoms with E-state index in [1.165, 1.54) is 0 Å². The van der Waals surface area contributed by atoms with Gasteiger partial charge >= 0.3 is 5.63 Å². The Morgan fingerprint density at radius 3 is 2.14 bits per heavy atom. The number of hydrogen-bond donors (Lipinski definition) is 0. The Morgan fingerprint density at radius 1 is 0.611 bits per heavy atom. The van der Waals surface area contributed by atoms with Crippen molar-refractivity contribution in [3.05, 3.63) is 132 Å². The maximum Gasteiger partial charge on any atom is 0.344 e. The van der Waals surface area contributed by atoms with Gasteiger partial charge in [-0.1, -0.05) is 84.9 Å². The Kier molecular flexibility index (Phi) is 4.57. The van der Waals surface area contributed by atoms with E-state index in [9.17, 15) is 4.79 Å². The van der Waals surface area contributed by atoms with Gasteiger partial charge in [0.15, 0.2) is 0 Å².